The van der Waals surface area contributed by atoms with E-state index in [2.05, 4.69) is 35.0 Å². The Morgan fingerprint density at radius 1 is 1.16 bits per heavy atom. The van der Waals surface area contributed by atoms with E-state index in [0.29, 0.717) is 31.6 Å². The summed E-state index contributed by atoms with van der Waals surface area (Å²) in [6.45, 7) is 11.5. The molecule has 2 fully saturated rings. The van der Waals surface area contributed by atoms with E-state index in [0.717, 1.165) is 25.1 Å². The molecule has 3 heterocycles. The number of alkyl halides is 3. The fraction of sp³-hybridized carbons (Fsp3) is 0.706. The molecule has 10 nitrogen and oxygen atoms in total. The molecule has 4 rings (SSSR count). The SMILES string of the molecule is CCCCC1(C)CC(C(=O)NC2CCC(O)(C(F)(F)F)CC2)CCN1C(=O)c1cc(-c2cc(OC)ncc2F)n(COCC[Si](C)(C)C)n1. The summed E-state index contributed by atoms with van der Waals surface area (Å²) in [7, 11) is 0.0539. The second-order valence-electron chi connectivity index (χ2n) is 15.0. The third kappa shape index (κ3) is 9.40. The van der Waals surface area contributed by atoms with Gasteiger partial charge >= 0.3 is 6.18 Å². The molecule has 1 aliphatic heterocycles. The summed E-state index contributed by atoms with van der Waals surface area (Å²) in [5, 5.41) is 17.6. The van der Waals surface area contributed by atoms with Crippen molar-refractivity contribution in [2.24, 2.45) is 5.92 Å². The lowest BCUT2D eigenvalue weighted by Gasteiger charge is -2.47. The summed E-state index contributed by atoms with van der Waals surface area (Å²) in [5.74, 6) is -1.45. The average molecular weight is 714 g/mol. The minimum Gasteiger partial charge on any atom is -0.481 e. The van der Waals surface area contributed by atoms with Crippen molar-refractivity contribution in [3.63, 3.8) is 0 Å². The van der Waals surface area contributed by atoms with Crippen molar-refractivity contribution in [2.45, 2.75) is 127 Å². The number of hydrogen-bond acceptors (Lipinski definition) is 7. The molecule has 15 heteroatoms. The Morgan fingerprint density at radius 3 is 2.47 bits per heavy atom. The van der Waals surface area contributed by atoms with Crippen LogP contribution < -0.4 is 10.1 Å². The maximum Gasteiger partial charge on any atom is 0.417 e. The minimum absolute atomic E-state index is 0.00799. The van der Waals surface area contributed by atoms with Gasteiger partial charge in [0.1, 0.15) is 6.73 Å². The number of carbonyl (C=O) groups is 2. The maximum atomic E-state index is 15.1. The van der Waals surface area contributed by atoms with Crippen LogP contribution in [0.3, 0.4) is 0 Å². The van der Waals surface area contributed by atoms with Crippen LogP contribution in [0.25, 0.3) is 11.3 Å². The van der Waals surface area contributed by atoms with E-state index in [1.807, 2.05) is 13.8 Å². The lowest BCUT2D eigenvalue weighted by molar-refractivity contribution is -0.270. The molecule has 2 aromatic heterocycles. The van der Waals surface area contributed by atoms with Gasteiger partial charge < -0.3 is 24.8 Å². The van der Waals surface area contributed by atoms with Crippen LogP contribution in [0.2, 0.25) is 25.7 Å². The number of rotatable bonds is 13. The number of ether oxygens (including phenoxy) is 2. The Kier molecular flexibility index (Phi) is 12.2. The predicted molar refractivity (Wildman–Crippen MR) is 179 cm³/mol. The van der Waals surface area contributed by atoms with Crippen LogP contribution in [0.15, 0.2) is 18.3 Å². The van der Waals surface area contributed by atoms with E-state index >= 15 is 4.39 Å². The third-order valence-electron chi connectivity index (χ3n) is 9.94. The third-order valence-corrected chi connectivity index (χ3v) is 11.6. The van der Waals surface area contributed by atoms with Crippen LogP contribution in [0.1, 0.15) is 82.1 Å². The molecule has 0 bridgehead atoms. The summed E-state index contributed by atoms with van der Waals surface area (Å²) >= 11 is 0. The number of carbonyl (C=O) groups excluding carboxylic acids is 2. The molecule has 1 saturated heterocycles. The fourth-order valence-corrected chi connectivity index (χ4v) is 7.49. The highest BCUT2D eigenvalue weighted by Crippen LogP contribution is 2.42. The molecule has 2 N–H and O–H groups in total. The number of aliphatic hydroxyl groups is 1. The van der Waals surface area contributed by atoms with Gasteiger partial charge in [-0.15, -0.1) is 0 Å². The number of pyridine rings is 1. The van der Waals surface area contributed by atoms with E-state index < -0.39 is 56.0 Å². The van der Waals surface area contributed by atoms with Crippen molar-refractivity contribution in [2.75, 3.05) is 20.3 Å². The second-order valence-corrected chi connectivity index (χ2v) is 20.6. The first-order valence-electron chi connectivity index (χ1n) is 17.2. The number of nitrogens with zero attached hydrogens (tertiary/aromatic N) is 4. The van der Waals surface area contributed by atoms with Crippen LogP contribution >= 0.6 is 0 Å². The smallest absolute Gasteiger partial charge is 0.417 e. The number of amides is 2. The fourth-order valence-electron chi connectivity index (χ4n) is 6.74. The molecule has 2 aromatic rings. The summed E-state index contributed by atoms with van der Waals surface area (Å²) in [5.41, 5.74) is -2.82. The number of unbranched alkanes of at least 4 members (excludes halogenated alkanes) is 1. The van der Waals surface area contributed by atoms with Gasteiger partial charge in [0.05, 0.1) is 19.0 Å². The topological polar surface area (TPSA) is 119 Å². The van der Waals surface area contributed by atoms with Gasteiger partial charge in [-0.2, -0.15) is 18.3 Å². The van der Waals surface area contributed by atoms with Crippen molar-refractivity contribution in [1.82, 2.24) is 25.0 Å². The normalized spacial score (nSPS) is 24.9. The van der Waals surface area contributed by atoms with Crippen molar-refractivity contribution in [3.8, 4) is 17.1 Å². The van der Waals surface area contributed by atoms with E-state index in [4.69, 9.17) is 9.47 Å². The predicted octanol–water partition coefficient (Wildman–Crippen LogP) is 6.56. The average Bonchev–Trinajstić information content (AvgIpc) is 3.46. The minimum atomic E-state index is -4.71. The van der Waals surface area contributed by atoms with Crippen molar-refractivity contribution in [3.05, 3.63) is 29.8 Å². The monoisotopic (exact) mass is 713 g/mol. The van der Waals surface area contributed by atoms with Crippen molar-refractivity contribution < 1.29 is 41.7 Å². The number of nitrogens with one attached hydrogen (secondary N) is 1. The Hall–Kier alpha value is -3.04. The van der Waals surface area contributed by atoms with E-state index in [9.17, 15) is 27.9 Å². The first-order valence-corrected chi connectivity index (χ1v) is 20.9. The lowest BCUT2D eigenvalue weighted by Crippen LogP contribution is -2.57. The van der Waals surface area contributed by atoms with Gasteiger partial charge in [0.25, 0.3) is 5.91 Å². The molecule has 0 radical (unpaired) electrons. The zero-order valence-electron chi connectivity index (χ0n) is 29.5. The number of hydrogen-bond donors (Lipinski definition) is 2. The van der Waals surface area contributed by atoms with E-state index in [1.165, 1.54) is 17.9 Å². The molecule has 2 atom stereocenters. The largest absolute Gasteiger partial charge is 0.481 e. The molecule has 2 unspecified atom stereocenters. The van der Waals surface area contributed by atoms with Gasteiger partial charge in [-0.25, -0.2) is 14.1 Å². The van der Waals surface area contributed by atoms with E-state index in [-0.39, 0.29) is 55.1 Å². The maximum absolute atomic E-state index is 15.1. The molecule has 2 aliphatic rings. The second kappa shape index (κ2) is 15.5. The number of likely N-dealkylation sites (tertiary alicyclic amines) is 1. The lowest BCUT2D eigenvalue weighted by atomic mass is 9.77. The van der Waals surface area contributed by atoms with Crippen LogP contribution in [-0.4, -0.2) is 88.3 Å². The summed E-state index contributed by atoms with van der Waals surface area (Å²) < 4.78 is 67.6. The Labute approximate surface area is 286 Å². The molecule has 274 valence electrons. The molecular weight excluding hydrogens is 662 g/mol. The summed E-state index contributed by atoms with van der Waals surface area (Å²) in [6, 6.07) is 3.46. The van der Waals surface area contributed by atoms with Gasteiger partial charge in [-0.1, -0.05) is 39.4 Å². The Bertz CT molecular complexity index is 1460. The van der Waals surface area contributed by atoms with Gasteiger partial charge in [-0.05, 0) is 64.0 Å². The molecule has 0 aromatic carbocycles. The van der Waals surface area contributed by atoms with Crippen molar-refractivity contribution >= 4 is 19.9 Å². The first kappa shape index (κ1) is 38.8. The van der Waals surface area contributed by atoms with Crippen molar-refractivity contribution in [1.29, 1.82) is 0 Å². The molecule has 1 saturated carbocycles. The molecule has 1 aliphatic carbocycles. The number of methoxy groups -OCH3 is 1. The Morgan fingerprint density at radius 2 is 1.86 bits per heavy atom. The highest BCUT2D eigenvalue weighted by atomic mass is 28.3. The molecule has 49 heavy (non-hydrogen) atoms. The highest BCUT2D eigenvalue weighted by molar-refractivity contribution is 6.76. The van der Waals surface area contributed by atoms with Crippen LogP contribution in [0.4, 0.5) is 17.6 Å². The molecule has 2 amide bonds. The standard InChI is InChI=1S/C34H51F4N5O5Si/c1-7-8-12-32(2)20-23(30(44)40-24-9-13-33(46,14-10-24)34(36,37)38)11-15-42(32)31(45)27-19-28(25-18-29(47-3)39-21-26(25)35)43(41-27)22-48-16-17-49(4,5)6/h18-19,21,23-24,46H,7-17,20,22H2,1-6H3,(H,40,44). The molecular formula is C34H51F4N5O5Si. The molecule has 0 spiro atoms. The van der Waals surface area contributed by atoms with Crippen LogP contribution in [-0.2, 0) is 16.3 Å². The zero-order chi connectivity index (χ0) is 36.2. The van der Waals surface area contributed by atoms with Crippen LogP contribution in [0.5, 0.6) is 5.88 Å². The van der Waals surface area contributed by atoms with Gasteiger partial charge in [0, 0.05) is 50.4 Å². The Balaban J connectivity index is 1.54. The van der Waals surface area contributed by atoms with Gasteiger partial charge in [0.2, 0.25) is 11.8 Å². The zero-order valence-corrected chi connectivity index (χ0v) is 30.5. The van der Waals surface area contributed by atoms with Gasteiger partial charge in [-0.3, -0.25) is 9.59 Å². The quantitative estimate of drug-likeness (QED) is 0.137. The first-order chi connectivity index (χ1) is 22.9. The van der Waals surface area contributed by atoms with Crippen LogP contribution in [0, 0.1) is 11.7 Å². The number of aromatic nitrogens is 3. The highest BCUT2D eigenvalue weighted by Gasteiger charge is 2.55. The number of piperidine rings is 1. The summed E-state index contributed by atoms with van der Waals surface area (Å²) in [4.78, 5) is 33.4. The van der Waals surface area contributed by atoms with Gasteiger partial charge in [0.15, 0.2) is 17.1 Å². The number of halogens is 4. The summed E-state index contributed by atoms with van der Waals surface area (Å²) in [6.07, 6.45) is -1.48. The van der Waals surface area contributed by atoms with E-state index in [1.54, 1.807) is 11.0 Å².